The molecule has 0 unspecified atom stereocenters. The number of anilines is 3. The van der Waals surface area contributed by atoms with Crippen LogP contribution in [0.15, 0.2) is 54.6 Å². The van der Waals surface area contributed by atoms with Crippen molar-refractivity contribution in [2.45, 2.75) is 20.8 Å². The molecule has 0 saturated carbocycles. The minimum atomic E-state index is -0.175. The predicted molar refractivity (Wildman–Crippen MR) is 105 cm³/mol. The van der Waals surface area contributed by atoms with E-state index in [9.17, 15) is 4.79 Å². The Kier molecular flexibility index (Phi) is 4.98. The van der Waals surface area contributed by atoms with Crippen LogP contribution in [0.4, 0.5) is 17.3 Å². The van der Waals surface area contributed by atoms with Gasteiger partial charge in [0.1, 0.15) is 5.69 Å². The van der Waals surface area contributed by atoms with Crippen LogP contribution >= 0.6 is 0 Å². The molecule has 1 heterocycles. The fraction of sp³-hybridized carbons (Fsp3) is 0.190. The summed E-state index contributed by atoms with van der Waals surface area (Å²) in [6.45, 7) is 5.91. The molecule has 0 aliphatic rings. The molecule has 132 valence electrons. The van der Waals surface area contributed by atoms with Crippen LogP contribution in [0.25, 0.3) is 0 Å². The van der Waals surface area contributed by atoms with E-state index in [1.54, 1.807) is 18.0 Å². The van der Waals surface area contributed by atoms with Gasteiger partial charge in [0.25, 0.3) is 5.91 Å². The van der Waals surface area contributed by atoms with Crippen LogP contribution in [0, 0.1) is 20.8 Å². The van der Waals surface area contributed by atoms with E-state index in [0.717, 1.165) is 28.2 Å². The van der Waals surface area contributed by atoms with Crippen molar-refractivity contribution in [1.29, 1.82) is 0 Å². The molecule has 1 amide bonds. The van der Waals surface area contributed by atoms with Crippen molar-refractivity contribution in [3.05, 3.63) is 77.1 Å². The summed E-state index contributed by atoms with van der Waals surface area (Å²) in [7, 11) is 1.74. The second kappa shape index (κ2) is 7.35. The van der Waals surface area contributed by atoms with Gasteiger partial charge in [0, 0.05) is 24.1 Å². The molecule has 1 N–H and O–H groups in total. The van der Waals surface area contributed by atoms with Crippen LogP contribution in [-0.4, -0.2) is 22.9 Å². The minimum Gasteiger partial charge on any atom is -0.324 e. The molecule has 0 atom stereocenters. The molecule has 5 nitrogen and oxygen atoms in total. The first-order valence-corrected chi connectivity index (χ1v) is 8.47. The predicted octanol–water partition coefficient (Wildman–Crippen LogP) is 4.42. The Labute approximate surface area is 153 Å². The molecule has 3 rings (SSSR count). The summed E-state index contributed by atoms with van der Waals surface area (Å²) in [5.74, 6) is 0.245. The van der Waals surface area contributed by atoms with Gasteiger partial charge in [-0.05, 0) is 56.2 Å². The Balaban J connectivity index is 1.90. The molecule has 0 aliphatic heterocycles. The quantitative estimate of drug-likeness (QED) is 0.759. The molecule has 3 aromatic rings. The summed E-state index contributed by atoms with van der Waals surface area (Å²) in [6.07, 6.45) is 0. The van der Waals surface area contributed by atoms with Crippen LogP contribution in [0.1, 0.15) is 27.3 Å². The summed E-state index contributed by atoms with van der Waals surface area (Å²) in [5.41, 5.74) is 5.08. The van der Waals surface area contributed by atoms with Crippen molar-refractivity contribution in [3.8, 4) is 0 Å². The number of rotatable bonds is 4. The summed E-state index contributed by atoms with van der Waals surface area (Å²) >= 11 is 0. The average molecular weight is 346 g/mol. The second-order valence-electron chi connectivity index (χ2n) is 6.36. The van der Waals surface area contributed by atoms with Gasteiger partial charge in [-0.2, -0.15) is 0 Å². The van der Waals surface area contributed by atoms with E-state index in [1.165, 1.54) is 0 Å². The van der Waals surface area contributed by atoms with Crippen LogP contribution in [0.5, 0.6) is 0 Å². The lowest BCUT2D eigenvalue weighted by molar-refractivity contribution is 0.0988. The highest BCUT2D eigenvalue weighted by Gasteiger charge is 2.17. The number of benzene rings is 2. The summed E-state index contributed by atoms with van der Waals surface area (Å²) in [4.78, 5) is 23.3. The first-order valence-electron chi connectivity index (χ1n) is 8.47. The van der Waals surface area contributed by atoms with Gasteiger partial charge < -0.3 is 10.2 Å². The maximum atomic E-state index is 12.8. The molecule has 26 heavy (non-hydrogen) atoms. The smallest absolute Gasteiger partial charge is 0.276 e. The van der Waals surface area contributed by atoms with Crippen molar-refractivity contribution >= 4 is 23.2 Å². The molecule has 0 fully saturated rings. The van der Waals surface area contributed by atoms with E-state index in [2.05, 4.69) is 21.4 Å². The Morgan fingerprint density at radius 3 is 2.42 bits per heavy atom. The largest absolute Gasteiger partial charge is 0.324 e. The minimum absolute atomic E-state index is 0.175. The third kappa shape index (κ3) is 3.88. The number of amides is 1. The lowest BCUT2D eigenvalue weighted by Gasteiger charge is -2.17. The van der Waals surface area contributed by atoms with Gasteiger partial charge in [-0.1, -0.05) is 30.3 Å². The summed E-state index contributed by atoms with van der Waals surface area (Å²) in [5, 5.41) is 3.23. The Morgan fingerprint density at radius 2 is 1.69 bits per heavy atom. The Hall–Kier alpha value is -3.21. The van der Waals surface area contributed by atoms with Gasteiger partial charge >= 0.3 is 0 Å². The highest BCUT2D eigenvalue weighted by Crippen LogP contribution is 2.21. The van der Waals surface area contributed by atoms with Crippen molar-refractivity contribution in [2.24, 2.45) is 0 Å². The topological polar surface area (TPSA) is 58.1 Å². The molecule has 0 radical (unpaired) electrons. The molecular weight excluding hydrogens is 324 g/mol. The van der Waals surface area contributed by atoms with Gasteiger partial charge in [-0.3, -0.25) is 4.79 Å². The van der Waals surface area contributed by atoms with E-state index in [-0.39, 0.29) is 5.91 Å². The zero-order valence-corrected chi connectivity index (χ0v) is 15.4. The zero-order chi connectivity index (χ0) is 18.7. The van der Waals surface area contributed by atoms with E-state index >= 15 is 0 Å². The lowest BCUT2D eigenvalue weighted by atomic mass is 10.1. The SMILES string of the molecule is Cc1ccc(C)c(Nc2nc(C)cc(C(=O)N(C)c3ccccc3)n2)c1. The van der Waals surface area contributed by atoms with Crippen molar-refractivity contribution in [3.63, 3.8) is 0 Å². The number of carbonyl (C=O) groups is 1. The standard InChI is InChI=1S/C21H22N4O/c1-14-10-11-15(2)18(12-14)23-21-22-16(3)13-19(24-21)20(26)25(4)17-8-6-5-7-9-17/h5-13H,1-4H3,(H,22,23,24). The second-order valence-corrected chi connectivity index (χ2v) is 6.36. The normalized spacial score (nSPS) is 10.5. The van der Waals surface area contributed by atoms with Crippen molar-refractivity contribution in [2.75, 3.05) is 17.3 Å². The van der Waals surface area contributed by atoms with E-state index in [4.69, 9.17) is 0 Å². The summed E-state index contributed by atoms with van der Waals surface area (Å²) in [6, 6.07) is 17.3. The number of nitrogens with one attached hydrogen (secondary N) is 1. The highest BCUT2D eigenvalue weighted by molar-refractivity contribution is 6.04. The van der Waals surface area contributed by atoms with Gasteiger partial charge in [0.2, 0.25) is 5.95 Å². The fourth-order valence-corrected chi connectivity index (χ4v) is 2.67. The Morgan fingerprint density at radius 1 is 0.962 bits per heavy atom. The Bertz CT molecular complexity index is 938. The number of nitrogens with zero attached hydrogens (tertiary/aromatic N) is 3. The van der Waals surface area contributed by atoms with Crippen LogP contribution in [-0.2, 0) is 0 Å². The summed E-state index contributed by atoms with van der Waals surface area (Å²) < 4.78 is 0. The molecule has 0 spiro atoms. The molecule has 5 heteroatoms. The number of carbonyl (C=O) groups excluding carboxylic acids is 1. The van der Waals surface area contributed by atoms with Crippen molar-refractivity contribution < 1.29 is 4.79 Å². The number of hydrogen-bond acceptors (Lipinski definition) is 4. The van der Waals surface area contributed by atoms with E-state index in [0.29, 0.717) is 11.6 Å². The third-order valence-electron chi connectivity index (χ3n) is 4.16. The van der Waals surface area contributed by atoms with E-state index in [1.807, 2.05) is 63.2 Å². The number of hydrogen-bond donors (Lipinski definition) is 1. The average Bonchev–Trinajstić information content (AvgIpc) is 2.64. The van der Waals surface area contributed by atoms with Gasteiger partial charge in [-0.25, -0.2) is 9.97 Å². The van der Waals surface area contributed by atoms with Gasteiger partial charge in [-0.15, -0.1) is 0 Å². The lowest BCUT2D eigenvalue weighted by Crippen LogP contribution is -2.27. The molecular formula is C21H22N4O. The van der Waals surface area contributed by atoms with Crippen molar-refractivity contribution in [1.82, 2.24) is 9.97 Å². The van der Waals surface area contributed by atoms with Crippen LogP contribution in [0.2, 0.25) is 0 Å². The number of aromatic nitrogens is 2. The third-order valence-corrected chi connectivity index (χ3v) is 4.16. The molecule has 0 aliphatic carbocycles. The highest BCUT2D eigenvalue weighted by atomic mass is 16.2. The number of para-hydroxylation sites is 1. The number of aryl methyl sites for hydroxylation is 3. The maximum absolute atomic E-state index is 12.8. The monoisotopic (exact) mass is 346 g/mol. The first-order chi connectivity index (χ1) is 12.4. The first kappa shape index (κ1) is 17.6. The molecule has 0 saturated heterocycles. The maximum Gasteiger partial charge on any atom is 0.276 e. The van der Waals surface area contributed by atoms with Gasteiger partial charge in [0.05, 0.1) is 0 Å². The van der Waals surface area contributed by atoms with Crippen LogP contribution in [0.3, 0.4) is 0 Å². The molecule has 0 bridgehead atoms. The van der Waals surface area contributed by atoms with Crippen LogP contribution < -0.4 is 10.2 Å². The molecule has 1 aromatic heterocycles. The molecule has 2 aromatic carbocycles. The fourth-order valence-electron chi connectivity index (χ4n) is 2.67. The van der Waals surface area contributed by atoms with E-state index < -0.39 is 0 Å². The van der Waals surface area contributed by atoms with Gasteiger partial charge in [0.15, 0.2) is 0 Å². The zero-order valence-electron chi connectivity index (χ0n) is 15.4.